The zero-order valence-corrected chi connectivity index (χ0v) is 9.00. The molecule has 1 aromatic rings. The van der Waals surface area contributed by atoms with Crippen LogP contribution in [0.2, 0.25) is 0 Å². The predicted octanol–water partition coefficient (Wildman–Crippen LogP) is 2.06. The summed E-state index contributed by atoms with van der Waals surface area (Å²) in [5, 5.41) is 0. The van der Waals surface area contributed by atoms with E-state index in [4.69, 9.17) is 15.2 Å². The number of hydrogen-bond acceptors (Lipinski definition) is 3. The van der Waals surface area contributed by atoms with Crippen LogP contribution in [0.5, 0.6) is 11.5 Å². The van der Waals surface area contributed by atoms with Crippen LogP contribution in [0.4, 0.5) is 4.39 Å². The standard InChI is InChI=1S/C11H16FNO2/c1-3-15-10-5-4-8(9(13)7-12)6-11(10)14-2/h4-6,9H,3,7,13H2,1-2H3/t9-/m1/s1. The summed E-state index contributed by atoms with van der Waals surface area (Å²) in [5.74, 6) is 1.23. The third-order valence-corrected chi connectivity index (χ3v) is 2.08. The van der Waals surface area contributed by atoms with Gasteiger partial charge in [0, 0.05) is 0 Å². The molecule has 1 aromatic carbocycles. The Bertz CT molecular complexity index is 317. The minimum absolute atomic E-state index is 0.560. The molecule has 0 heterocycles. The summed E-state index contributed by atoms with van der Waals surface area (Å²) in [6.45, 7) is 1.86. The van der Waals surface area contributed by atoms with E-state index in [1.54, 1.807) is 25.3 Å². The van der Waals surface area contributed by atoms with E-state index >= 15 is 0 Å². The molecule has 0 aliphatic carbocycles. The number of nitrogens with two attached hydrogens (primary N) is 1. The van der Waals surface area contributed by atoms with Crippen molar-refractivity contribution >= 4 is 0 Å². The van der Waals surface area contributed by atoms with Gasteiger partial charge >= 0.3 is 0 Å². The van der Waals surface area contributed by atoms with Crippen molar-refractivity contribution in [2.75, 3.05) is 20.4 Å². The van der Waals surface area contributed by atoms with E-state index < -0.39 is 12.7 Å². The van der Waals surface area contributed by atoms with Crippen LogP contribution in [-0.2, 0) is 0 Å². The maximum Gasteiger partial charge on any atom is 0.161 e. The Morgan fingerprint density at radius 2 is 2.13 bits per heavy atom. The van der Waals surface area contributed by atoms with Gasteiger partial charge in [0.15, 0.2) is 11.5 Å². The first kappa shape index (κ1) is 11.8. The molecule has 0 aliphatic rings. The van der Waals surface area contributed by atoms with E-state index in [0.717, 1.165) is 0 Å². The van der Waals surface area contributed by atoms with E-state index in [1.807, 2.05) is 6.92 Å². The van der Waals surface area contributed by atoms with Crippen LogP contribution in [-0.4, -0.2) is 20.4 Å². The van der Waals surface area contributed by atoms with Crippen molar-refractivity contribution in [1.29, 1.82) is 0 Å². The third kappa shape index (κ3) is 2.83. The van der Waals surface area contributed by atoms with Crippen molar-refractivity contribution in [3.63, 3.8) is 0 Å². The highest BCUT2D eigenvalue weighted by Crippen LogP contribution is 2.29. The Morgan fingerprint density at radius 3 is 2.67 bits per heavy atom. The van der Waals surface area contributed by atoms with E-state index in [1.165, 1.54) is 0 Å². The van der Waals surface area contributed by atoms with Crippen LogP contribution in [0.1, 0.15) is 18.5 Å². The molecule has 0 unspecified atom stereocenters. The maximum absolute atomic E-state index is 12.4. The first-order valence-corrected chi connectivity index (χ1v) is 4.85. The molecule has 0 fully saturated rings. The van der Waals surface area contributed by atoms with Gasteiger partial charge in [-0.15, -0.1) is 0 Å². The van der Waals surface area contributed by atoms with Gasteiger partial charge in [0.2, 0.25) is 0 Å². The Hall–Kier alpha value is -1.29. The number of alkyl halides is 1. The largest absolute Gasteiger partial charge is 0.493 e. The summed E-state index contributed by atoms with van der Waals surface area (Å²) in [6.07, 6.45) is 0. The molecule has 15 heavy (non-hydrogen) atoms. The lowest BCUT2D eigenvalue weighted by Gasteiger charge is -2.13. The summed E-state index contributed by atoms with van der Waals surface area (Å²) in [7, 11) is 1.54. The van der Waals surface area contributed by atoms with Crippen molar-refractivity contribution in [3.8, 4) is 11.5 Å². The SMILES string of the molecule is CCOc1ccc([C@H](N)CF)cc1OC. The van der Waals surface area contributed by atoms with Gasteiger partial charge in [0.25, 0.3) is 0 Å². The van der Waals surface area contributed by atoms with Crippen LogP contribution in [0.25, 0.3) is 0 Å². The van der Waals surface area contributed by atoms with E-state index in [9.17, 15) is 4.39 Å². The average molecular weight is 213 g/mol. The van der Waals surface area contributed by atoms with Gasteiger partial charge in [-0.2, -0.15) is 0 Å². The molecule has 4 heteroatoms. The summed E-state index contributed by atoms with van der Waals surface area (Å²) in [6, 6.07) is 4.59. The number of rotatable bonds is 5. The number of ether oxygens (including phenoxy) is 2. The van der Waals surface area contributed by atoms with Crippen molar-refractivity contribution in [1.82, 2.24) is 0 Å². The number of methoxy groups -OCH3 is 1. The Balaban J connectivity index is 2.96. The van der Waals surface area contributed by atoms with Gasteiger partial charge in [-0.3, -0.25) is 0 Å². The van der Waals surface area contributed by atoms with Gasteiger partial charge in [0.1, 0.15) is 6.67 Å². The molecule has 84 valence electrons. The molecule has 2 N–H and O–H groups in total. The second-order valence-corrected chi connectivity index (χ2v) is 3.10. The molecule has 0 aromatic heterocycles. The average Bonchev–Trinajstić information content (AvgIpc) is 2.29. The summed E-state index contributed by atoms with van der Waals surface area (Å²) in [4.78, 5) is 0. The maximum atomic E-state index is 12.4. The second-order valence-electron chi connectivity index (χ2n) is 3.10. The normalized spacial score (nSPS) is 12.3. The van der Waals surface area contributed by atoms with Gasteiger partial charge in [0.05, 0.1) is 19.8 Å². The number of hydrogen-bond donors (Lipinski definition) is 1. The Labute approximate surface area is 89.0 Å². The first-order chi connectivity index (χ1) is 7.22. The molecular weight excluding hydrogens is 197 g/mol. The molecule has 0 spiro atoms. The molecule has 0 saturated heterocycles. The lowest BCUT2D eigenvalue weighted by Crippen LogP contribution is -2.12. The molecule has 0 bridgehead atoms. The van der Waals surface area contributed by atoms with Crippen LogP contribution in [0.15, 0.2) is 18.2 Å². The highest BCUT2D eigenvalue weighted by atomic mass is 19.1. The lowest BCUT2D eigenvalue weighted by molar-refractivity contribution is 0.310. The van der Waals surface area contributed by atoms with Crippen molar-refractivity contribution in [3.05, 3.63) is 23.8 Å². The van der Waals surface area contributed by atoms with Gasteiger partial charge in [-0.1, -0.05) is 6.07 Å². The minimum Gasteiger partial charge on any atom is -0.493 e. The highest BCUT2D eigenvalue weighted by molar-refractivity contribution is 5.43. The van der Waals surface area contributed by atoms with Crippen molar-refractivity contribution in [2.45, 2.75) is 13.0 Å². The lowest BCUT2D eigenvalue weighted by atomic mass is 10.1. The summed E-state index contributed by atoms with van der Waals surface area (Å²) in [5.41, 5.74) is 6.28. The molecule has 0 amide bonds. The third-order valence-electron chi connectivity index (χ3n) is 2.08. The van der Waals surface area contributed by atoms with Gasteiger partial charge in [-0.05, 0) is 24.6 Å². The monoisotopic (exact) mass is 213 g/mol. The molecule has 0 saturated carbocycles. The van der Waals surface area contributed by atoms with Crippen LogP contribution in [0.3, 0.4) is 0 Å². The number of benzene rings is 1. The van der Waals surface area contributed by atoms with Gasteiger partial charge < -0.3 is 15.2 Å². The fourth-order valence-electron chi connectivity index (χ4n) is 1.28. The van der Waals surface area contributed by atoms with Crippen molar-refractivity contribution in [2.24, 2.45) is 5.73 Å². The smallest absolute Gasteiger partial charge is 0.161 e. The molecule has 1 rings (SSSR count). The van der Waals surface area contributed by atoms with Crippen LogP contribution >= 0.6 is 0 Å². The second kappa shape index (κ2) is 5.56. The van der Waals surface area contributed by atoms with E-state index in [-0.39, 0.29) is 0 Å². The van der Waals surface area contributed by atoms with Crippen LogP contribution in [0, 0.1) is 0 Å². The quantitative estimate of drug-likeness (QED) is 0.814. The van der Waals surface area contributed by atoms with Crippen molar-refractivity contribution < 1.29 is 13.9 Å². The Kier molecular flexibility index (Phi) is 4.37. The topological polar surface area (TPSA) is 44.5 Å². The molecule has 1 atom stereocenters. The first-order valence-electron chi connectivity index (χ1n) is 4.85. The van der Waals surface area contributed by atoms with E-state index in [0.29, 0.717) is 23.7 Å². The van der Waals surface area contributed by atoms with Gasteiger partial charge in [-0.25, -0.2) is 4.39 Å². The fourth-order valence-corrected chi connectivity index (χ4v) is 1.28. The highest BCUT2D eigenvalue weighted by Gasteiger charge is 2.10. The minimum atomic E-state index is -0.602. The summed E-state index contributed by atoms with van der Waals surface area (Å²) >= 11 is 0. The summed E-state index contributed by atoms with van der Waals surface area (Å²) < 4.78 is 22.8. The Morgan fingerprint density at radius 1 is 1.40 bits per heavy atom. The fraction of sp³-hybridized carbons (Fsp3) is 0.455. The molecule has 0 radical (unpaired) electrons. The molecule has 3 nitrogen and oxygen atoms in total. The number of halogens is 1. The molecule has 0 aliphatic heterocycles. The zero-order chi connectivity index (χ0) is 11.3. The molecular formula is C11H16FNO2. The predicted molar refractivity (Wildman–Crippen MR) is 57.1 cm³/mol. The zero-order valence-electron chi connectivity index (χ0n) is 9.00. The van der Waals surface area contributed by atoms with Crippen LogP contribution < -0.4 is 15.2 Å². The van der Waals surface area contributed by atoms with E-state index in [2.05, 4.69) is 0 Å².